The van der Waals surface area contributed by atoms with Gasteiger partial charge in [0.2, 0.25) is 0 Å². The number of methoxy groups -OCH3 is 1. The van der Waals surface area contributed by atoms with E-state index in [4.69, 9.17) is 4.74 Å². The van der Waals surface area contributed by atoms with Crippen molar-refractivity contribution >= 4 is 12.3 Å². The van der Waals surface area contributed by atoms with Crippen molar-refractivity contribution in [1.82, 2.24) is 4.90 Å². The van der Waals surface area contributed by atoms with Gasteiger partial charge in [0, 0.05) is 19.0 Å². The number of aldehydes is 1. The van der Waals surface area contributed by atoms with E-state index in [1.807, 2.05) is 12.1 Å². The molecular weight excluding hydrogens is 230 g/mol. The summed E-state index contributed by atoms with van der Waals surface area (Å²) in [6.45, 7) is 3.70. The Morgan fingerprint density at radius 1 is 1.56 bits per heavy atom. The van der Waals surface area contributed by atoms with Crippen molar-refractivity contribution in [1.29, 1.82) is 0 Å². The summed E-state index contributed by atoms with van der Waals surface area (Å²) < 4.78 is 4.81. The molecule has 1 aliphatic heterocycles. The third kappa shape index (κ3) is 2.04. The second-order valence-electron chi connectivity index (χ2n) is 4.35. The second kappa shape index (κ2) is 5.31. The maximum atomic E-state index is 11.8. The van der Waals surface area contributed by atoms with Crippen LogP contribution >= 0.6 is 0 Å². The number of hydrogen-bond acceptors (Lipinski definition) is 4. The smallest absolute Gasteiger partial charge is 0.338 e. The Bertz CT molecular complexity index is 470. The van der Waals surface area contributed by atoms with Crippen LogP contribution in [-0.2, 0) is 16.1 Å². The number of fused-ring (bicyclic) bond motifs is 1. The van der Waals surface area contributed by atoms with E-state index in [0.29, 0.717) is 12.0 Å². The van der Waals surface area contributed by atoms with E-state index in [1.54, 1.807) is 6.07 Å². The molecule has 0 saturated carbocycles. The lowest BCUT2D eigenvalue weighted by Crippen LogP contribution is -2.22. The fourth-order valence-electron chi connectivity index (χ4n) is 2.63. The van der Waals surface area contributed by atoms with Gasteiger partial charge in [-0.15, -0.1) is 0 Å². The number of carbonyl (C=O) groups excluding carboxylic acids is 2. The Hall–Kier alpha value is -1.68. The SMILES string of the molecule is CCN1Cc2cccc(C(=O)OC)c2C1CC=O. The molecule has 0 saturated heterocycles. The first-order valence-corrected chi connectivity index (χ1v) is 6.10. The highest BCUT2D eigenvalue weighted by Crippen LogP contribution is 2.37. The quantitative estimate of drug-likeness (QED) is 0.602. The monoisotopic (exact) mass is 247 g/mol. The highest BCUT2D eigenvalue weighted by atomic mass is 16.5. The summed E-state index contributed by atoms with van der Waals surface area (Å²) in [5.41, 5.74) is 2.66. The fraction of sp³-hybridized carbons (Fsp3) is 0.429. The zero-order valence-electron chi connectivity index (χ0n) is 10.7. The summed E-state index contributed by atoms with van der Waals surface area (Å²) in [6.07, 6.45) is 1.32. The lowest BCUT2D eigenvalue weighted by molar-refractivity contribution is -0.108. The zero-order chi connectivity index (χ0) is 13.1. The molecule has 0 fully saturated rings. The molecule has 1 atom stereocenters. The first-order valence-electron chi connectivity index (χ1n) is 6.10. The van der Waals surface area contributed by atoms with E-state index in [-0.39, 0.29) is 12.0 Å². The lowest BCUT2D eigenvalue weighted by atomic mass is 9.96. The molecule has 0 spiro atoms. The summed E-state index contributed by atoms with van der Waals surface area (Å²) >= 11 is 0. The van der Waals surface area contributed by atoms with Crippen molar-refractivity contribution in [2.45, 2.75) is 25.9 Å². The standard InChI is InChI=1S/C14H17NO3/c1-3-15-9-10-5-4-6-11(14(17)18-2)13(10)12(15)7-8-16/h4-6,8,12H,3,7,9H2,1-2H3. The second-order valence-corrected chi connectivity index (χ2v) is 4.35. The molecule has 0 N–H and O–H groups in total. The minimum absolute atomic E-state index is 0.00204. The van der Waals surface area contributed by atoms with Crippen LogP contribution in [0, 0.1) is 0 Å². The van der Waals surface area contributed by atoms with Gasteiger partial charge in [-0.1, -0.05) is 19.1 Å². The predicted octanol–water partition coefficient (Wildman–Crippen LogP) is 1.94. The first kappa shape index (κ1) is 12.8. The summed E-state index contributed by atoms with van der Waals surface area (Å²) in [5.74, 6) is -0.333. The molecule has 2 rings (SSSR count). The zero-order valence-corrected chi connectivity index (χ0v) is 10.7. The maximum Gasteiger partial charge on any atom is 0.338 e. The van der Waals surface area contributed by atoms with E-state index in [1.165, 1.54) is 7.11 Å². The Balaban J connectivity index is 2.48. The Labute approximate surface area is 107 Å². The van der Waals surface area contributed by atoms with Crippen molar-refractivity contribution < 1.29 is 14.3 Å². The number of ether oxygens (including phenoxy) is 1. The molecule has 18 heavy (non-hydrogen) atoms. The topological polar surface area (TPSA) is 46.6 Å². The van der Waals surface area contributed by atoms with Crippen LogP contribution < -0.4 is 0 Å². The van der Waals surface area contributed by atoms with Gasteiger partial charge in [0.15, 0.2) is 0 Å². The van der Waals surface area contributed by atoms with E-state index in [2.05, 4.69) is 11.8 Å². The van der Waals surface area contributed by atoms with Crippen molar-refractivity contribution in [3.05, 3.63) is 34.9 Å². The average molecular weight is 247 g/mol. The van der Waals surface area contributed by atoms with Crippen LogP contribution in [0.2, 0.25) is 0 Å². The lowest BCUT2D eigenvalue weighted by Gasteiger charge is -2.22. The summed E-state index contributed by atoms with van der Waals surface area (Å²) in [6, 6.07) is 5.64. The van der Waals surface area contributed by atoms with Gasteiger partial charge in [0.25, 0.3) is 0 Å². The number of esters is 1. The molecule has 1 heterocycles. The van der Waals surface area contributed by atoms with Gasteiger partial charge in [-0.2, -0.15) is 0 Å². The highest BCUT2D eigenvalue weighted by Gasteiger charge is 2.32. The van der Waals surface area contributed by atoms with Gasteiger partial charge in [0.1, 0.15) is 6.29 Å². The largest absolute Gasteiger partial charge is 0.465 e. The van der Waals surface area contributed by atoms with Gasteiger partial charge < -0.3 is 9.53 Å². The number of carbonyl (C=O) groups is 2. The van der Waals surface area contributed by atoms with Crippen molar-refractivity contribution in [3.8, 4) is 0 Å². The summed E-state index contributed by atoms with van der Waals surface area (Å²) in [4.78, 5) is 24.8. The van der Waals surface area contributed by atoms with Crippen LogP contribution in [0.5, 0.6) is 0 Å². The van der Waals surface area contributed by atoms with Gasteiger partial charge in [-0.3, -0.25) is 4.90 Å². The fourth-order valence-corrected chi connectivity index (χ4v) is 2.63. The summed E-state index contributed by atoms with van der Waals surface area (Å²) in [5, 5.41) is 0. The van der Waals surface area contributed by atoms with Crippen molar-refractivity contribution in [2.75, 3.05) is 13.7 Å². The van der Waals surface area contributed by atoms with Crippen LogP contribution in [-0.4, -0.2) is 30.8 Å². The Kier molecular flexibility index (Phi) is 3.77. The molecule has 1 aliphatic rings. The molecule has 1 aromatic rings. The number of rotatable bonds is 4. The Morgan fingerprint density at radius 2 is 2.33 bits per heavy atom. The summed E-state index contributed by atoms with van der Waals surface area (Å²) in [7, 11) is 1.38. The maximum absolute atomic E-state index is 11.8. The van der Waals surface area contributed by atoms with Gasteiger partial charge >= 0.3 is 5.97 Å². The Morgan fingerprint density at radius 3 is 2.94 bits per heavy atom. The molecule has 0 aliphatic carbocycles. The number of nitrogens with zero attached hydrogens (tertiary/aromatic N) is 1. The molecule has 0 radical (unpaired) electrons. The van der Waals surface area contributed by atoms with Crippen LogP contribution in [0.3, 0.4) is 0 Å². The first-order chi connectivity index (χ1) is 8.72. The van der Waals surface area contributed by atoms with Crippen LogP contribution in [0.1, 0.15) is 40.9 Å². The van der Waals surface area contributed by atoms with E-state index >= 15 is 0 Å². The molecular formula is C14H17NO3. The molecule has 0 bridgehead atoms. The molecule has 4 nitrogen and oxygen atoms in total. The molecule has 4 heteroatoms. The molecule has 96 valence electrons. The van der Waals surface area contributed by atoms with Crippen LogP contribution in [0.4, 0.5) is 0 Å². The van der Waals surface area contributed by atoms with Crippen molar-refractivity contribution in [3.63, 3.8) is 0 Å². The number of hydrogen-bond donors (Lipinski definition) is 0. The molecule has 0 aromatic heterocycles. The van der Waals surface area contributed by atoms with E-state index in [0.717, 1.165) is 30.5 Å². The molecule has 0 amide bonds. The predicted molar refractivity (Wildman–Crippen MR) is 67.3 cm³/mol. The molecule has 1 unspecified atom stereocenters. The average Bonchev–Trinajstić information content (AvgIpc) is 2.76. The third-order valence-corrected chi connectivity index (χ3v) is 3.47. The third-order valence-electron chi connectivity index (χ3n) is 3.47. The number of benzene rings is 1. The van der Waals surface area contributed by atoms with E-state index < -0.39 is 0 Å². The van der Waals surface area contributed by atoms with Crippen LogP contribution in [0.25, 0.3) is 0 Å². The minimum Gasteiger partial charge on any atom is -0.465 e. The normalized spacial score (nSPS) is 18.4. The minimum atomic E-state index is -0.333. The van der Waals surface area contributed by atoms with Crippen molar-refractivity contribution in [2.24, 2.45) is 0 Å². The van der Waals surface area contributed by atoms with Gasteiger partial charge in [-0.25, -0.2) is 4.79 Å². The van der Waals surface area contributed by atoms with E-state index in [9.17, 15) is 9.59 Å². The highest BCUT2D eigenvalue weighted by molar-refractivity contribution is 5.92. The molecule has 1 aromatic carbocycles. The van der Waals surface area contributed by atoms with Gasteiger partial charge in [0.05, 0.1) is 12.7 Å². The van der Waals surface area contributed by atoms with Gasteiger partial charge in [-0.05, 0) is 23.7 Å². The van der Waals surface area contributed by atoms with Crippen LogP contribution in [0.15, 0.2) is 18.2 Å².